The summed E-state index contributed by atoms with van der Waals surface area (Å²) in [5, 5.41) is 0. The zero-order valence-corrected chi connectivity index (χ0v) is 19.7. The molecule has 0 N–H and O–H groups in total. The summed E-state index contributed by atoms with van der Waals surface area (Å²) < 4.78 is 11.5. The van der Waals surface area contributed by atoms with Gasteiger partial charge in [-0.2, -0.15) is 0 Å². The number of esters is 2. The van der Waals surface area contributed by atoms with Crippen LogP contribution in [0.5, 0.6) is 0 Å². The van der Waals surface area contributed by atoms with Gasteiger partial charge in [-0.15, -0.1) is 0 Å². The van der Waals surface area contributed by atoms with Crippen LogP contribution in [0.1, 0.15) is 82.6 Å². The highest BCUT2D eigenvalue weighted by atomic mass is 16.6. The molecule has 4 atom stereocenters. The molecular weight excluding hydrogens is 402 g/mol. The Bertz CT molecular complexity index is 733. The van der Waals surface area contributed by atoms with Crippen molar-refractivity contribution in [2.45, 2.75) is 95.2 Å². The molecule has 3 rings (SSSR count). The summed E-state index contributed by atoms with van der Waals surface area (Å²) in [5.74, 6) is -1.13. The van der Waals surface area contributed by atoms with Crippen molar-refractivity contribution in [1.29, 1.82) is 0 Å². The average Bonchev–Trinajstić information content (AvgIpc) is 2.99. The molecule has 2 heterocycles. The van der Waals surface area contributed by atoms with E-state index in [1.165, 1.54) is 32.1 Å². The van der Waals surface area contributed by atoms with Gasteiger partial charge in [0, 0.05) is 18.5 Å². The number of hydrogen-bond acceptors (Lipinski definition) is 5. The minimum absolute atomic E-state index is 0.0291. The van der Waals surface area contributed by atoms with E-state index in [1.807, 2.05) is 36.4 Å². The third-order valence-corrected chi connectivity index (χ3v) is 6.89. The first-order chi connectivity index (χ1) is 15.6. The van der Waals surface area contributed by atoms with Crippen molar-refractivity contribution in [2.24, 2.45) is 0 Å². The first-order valence-electron chi connectivity index (χ1n) is 12.4. The van der Waals surface area contributed by atoms with Crippen molar-refractivity contribution in [3.8, 4) is 0 Å². The number of benzene rings is 1. The van der Waals surface area contributed by atoms with Crippen molar-refractivity contribution in [2.75, 3.05) is 13.7 Å². The van der Waals surface area contributed by atoms with Crippen molar-refractivity contribution in [3.05, 3.63) is 48.0 Å². The van der Waals surface area contributed by atoms with E-state index >= 15 is 0 Å². The Labute approximate surface area is 193 Å². The summed E-state index contributed by atoms with van der Waals surface area (Å²) in [6.45, 7) is 2.22. The van der Waals surface area contributed by atoms with E-state index in [1.54, 1.807) is 0 Å². The molecule has 0 radical (unpaired) electrons. The number of rotatable bonds is 12. The Hall–Kier alpha value is -2.14. The van der Waals surface area contributed by atoms with Gasteiger partial charge < -0.3 is 14.4 Å². The van der Waals surface area contributed by atoms with Crippen molar-refractivity contribution in [1.82, 2.24) is 4.90 Å². The van der Waals surface area contributed by atoms with Crippen molar-refractivity contribution >= 4 is 11.9 Å². The van der Waals surface area contributed by atoms with Gasteiger partial charge >= 0.3 is 11.9 Å². The predicted octanol–water partition coefficient (Wildman–Crippen LogP) is 5.40. The van der Waals surface area contributed by atoms with E-state index in [2.05, 4.69) is 24.9 Å². The lowest BCUT2D eigenvalue weighted by Gasteiger charge is -2.36. The third-order valence-electron chi connectivity index (χ3n) is 6.89. The number of fused-ring (bicyclic) bond motifs is 2. The van der Waals surface area contributed by atoms with E-state index in [4.69, 9.17) is 9.47 Å². The maximum absolute atomic E-state index is 13.1. The van der Waals surface area contributed by atoms with E-state index in [-0.39, 0.29) is 24.6 Å². The summed E-state index contributed by atoms with van der Waals surface area (Å²) in [4.78, 5) is 27.8. The molecule has 0 saturated carbocycles. The second-order valence-electron chi connectivity index (χ2n) is 9.23. The minimum atomic E-state index is -0.581. The Morgan fingerprint density at radius 3 is 2.44 bits per heavy atom. The molecule has 0 aromatic heterocycles. The van der Waals surface area contributed by atoms with E-state index in [9.17, 15) is 9.59 Å². The van der Waals surface area contributed by atoms with Gasteiger partial charge in [0.05, 0.1) is 0 Å². The molecule has 5 heteroatoms. The molecule has 0 amide bonds. The summed E-state index contributed by atoms with van der Waals surface area (Å²) in [6.07, 6.45) is 14.0. The van der Waals surface area contributed by atoms with E-state index in [0.717, 1.165) is 24.8 Å². The maximum Gasteiger partial charge on any atom is 0.317 e. The monoisotopic (exact) mass is 441 g/mol. The van der Waals surface area contributed by atoms with Crippen LogP contribution >= 0.6 is 0 Å². The lowest BCUT2D eigenvalue weighted by atomic mass is 9.98. The fraction of sp³-hybridized carbons (Fsp3) is 0.630. The molecule has 32 heavy (non-hydrogen) atoms. The summed E-state index contributed by atoms with van der Waals surface area (Å²) >= 11 is 0. The van der Waals surface area contributed by atoms with Gasteiger partial charge in [-0.05, 0) is 57.6 Å². The van der Waals surface area contributed by atoms with Crippen molar-refractivity contribution in [3.63, 3.8) is 0 Å². The largest absolute Gasteiger partial charge is 0.464 e. The number of hydrogen-bond donors (Lipinski definition) is 0. The Kier molecular flexibility index (Phi) is 9.79. The maximum atomic E-state index is 13.1. The molecule has 2 bridgehead atoms. The van der Waals surface area contributed by atoms with Crippen LogP contribution in [0.15, 0.2) is 42.5 Å². The fourth-order valence-electron chi connectivity index (χ4n) is 4.89. The lowest BCUT2D eigenvalue weighted by molar-refractivity contribution is -0.157. The van der Waals surface area contributed by atoms with Gasteiger partial charge in [0.15, 0.2) is 0 Å². The normalized spacial score (nSPS) is 23.9. The third kappa shape index (κ3) is 7.19. The highest BCUT2D eigenvalue weighted by molar-refractivity contribution is 5.79. The van der Waals surface area contributed by atoms with Crippen LogP contribution in [0.3, 0.4) is 0 Å². The molecule has 2 saturated heterocycles. The standard InChI is InChI=1S/C27H39NO4/c1-3-4-5-6-7-8-12-15-26(29)31-20-25(21-13-10-9-11-14-21)27(30)32-24-18-22-16-17-23(19-24)28(22)2/h7-11,13-14,22-25H,3-6,12,15-20H2,1-2H3/t22-,23+,24+,25?. The van der Waals surface area contributed by atoms with Gasteiger partial charge in [0.1, 0.15) is 18.6 Å². The SMILES string of the molecule is CCCCCC=CCCC(=O)OCC(C(=O)O[C@H]1C[C@H]2CC[C@@H](C1)N2C)c1ccccc1. The molecular formula is C27H39NO4. The highest BCUT2D eigenvalue weighted by Gasteiger charge is 2.40. The quantitative estimate of drug-likeness (QED) is 0.247. The zero-order chi connectivity index (χ0) is 22.8. The highest BCUT2D eigenvalue weighted by Crippen LogP contribution is 2.36. The molecule has 1 aromatic carbocycles. The average molecular weight is 442 g/mol. The molecule has 1 aromatic rings. The molecule has 0 aliphatic carbocycles. The molecule has 2 fully saturated rings. The number of unbranched alkanes of at least 4 members (excludes halogenated alkanes) is 3. The number of allylic oxidation sites excluding steroid dienone is 2. The van der Waals surface area contributed by atoms with Crippen LogP contribution in [0.4, 0.5) is 0 Å². The molecule has 5 nitrogen and oxygen atoms in total. The molecule has 176 valence electrons. The van der Waals surface area contributed by atoms with Crippen LogP contribution in [-0.2, 0) is 19.1 Å². The van der Waals surface area contributed by atoms with Gasteiger partial charge in [0.25, 0.3) is 0 Å². The van der Waals surface area contributed by atoms with Gasteiger partial charge in [-0.3, -0.25) is 9.59 Å². The van der Waals surface area contributed by atoms with Crippen LogP contribution in [0, 0.1) is 0 Å². The zero-order valence-electron chi connectivity index (χ0n) is 19.7. The number of carbonyl (C=O) groups excluding carboxylic acids is 2. The fourth-order valence-corrected chi connectivity index (χ4v) is 4.89. The Morgan fingerprint density at radius 2 is 1.75 bits per heavy atom. The second-order valence-corrected chi connectivity index (χ2v) is 9.23. The molecule has 1 unspecified atom stereocenters. The van der Waals surface area contributed by atoms with Gasteiger partial charge in [-0.1, -0.05) is 62.2 Å². The minimum Gasteiger partial charge on any atom is -0.464 e. The van der Waals surface area contributed by atoms with Crippen LogP contribution in [-0.4, -0.2) is 48.7 Å². The summed E-state index contributed by atoms with van der Waals surface area (Å²) in [6, 6.07) is 10.5. The Balaban J connectivity index is 1.49. The second kappa shape index (κ2) is 12.8. The van der Waals surface area contributed by atoms with Crippen molar-refractivity contribution < 1.29 is 19.1 Å². The molecule has 0 spiro atoms. The number of nitrogens with zero attached hydrogens (tertiary/aromatic N) is 1. The van der Waals surface area contributed by atoms with E-state index in [0.29, 0.717) is 24.9 Å². The predicted molar refractivity (Wildman–Crippen MR) is 126 cm³/mol. The number of carbonyl (C=O) groups is 2. The summed E-state index contributed by atoms with van der Waals surface area (Å²) in [7, 11) is 2.17. The van der Waals surface area contributed by atoms with Crippen LogP contribution in [0.25, 0.3) is 0 Å². The van der Waals surface area contributed by atoms with Gasteiger partial charge in [-0.25, -0.2) is 0 Å². The topological polar surface area (TPSA) is 55.8 Å². The van der Waals surface area contributed by atoms with Crippen LogP contribution in [0.2, 0.25) is 0 Å². The van der Waals surface area contributed by atoms with E-state index < -0.39 is 5.92 Å². The van der Waals surface area contributed by atoms with Crippen LogP contribution < -0.4 is 0 Å². The first-order valence-corrected chi connectivity index (χ1v) is 12.4. The van der Waals surface area contributed by atoms with Gasteiger partial charge in [0.2, 0.25) is 0 Å². The number of piperidine rings is 1. The molecule has 2 aliphatic rings. The first kappa shape index (κ1) is 24.5. The number of ether oxygens (including phenoxy) is 2. The molecule has 2 aliphatic heterocycles. The lowest BCUT2D eigenvalue weighted by Crippen LogP contribution is -2.44. The smallest absolute Gasteiger partial charge is 0.317 e. The summed E-state index contributed by atoms with van der Waals surface area (Å²) in [5.41, 5.74) is 0.831. The Morgan fingerprint density at radius 1 is 1.06 bits per heavy atom.